The third kappa shape index (κ3) is 5.64. The normalized spacial score (nSPS) is 19.4. The summed E-state index contributed by atoms with van der Waals surface area (Å²) < 4.78 is 10.7. The van der Waals surface area contributed by atoms with Gasteiger partial charge in [-0.2, -0.15) is 0 Å². The van der Waals surface area contributed by atoms with E-state index in [1.807, 2.05) is 37.8 Å². The molecule has 3 N–H and O–H groups in total. The number of methoxy groups -OCH3 is 1. The van der Waals surface area contributed by atoms with Gasteiger partial charge >= 0.3 is 12.1 Å². The van der Waals surface area contributed by atoms with Crippen LogP contribution in [-0.2, 0) is 9.47 Å². The molecule has 2 aromatic rings. The van der Waals surface area contributed by atoms with E-state index < -0.39 is 24.0 Å². The lowest BCUT2D eigenvalue weighted by Crippen LogP contribution is -2.60. The van der Waals surface area contributed by atoms with E-state index in [1.54, 1.807) is 41.3 Å². The van der Waals surface area contributed by atoms with Gasteiger partial charge in [0.05, 0.1) is 30.1 Å². The zero-order valence-electron chi connectivity index (χ0n) is 21.8. The first-order valence-electron chi connectivity index (χ1n) is 12.5. The van der Waals surface area contributed by atoms with E-state index >= 15 is 0 Å². The molecule has 0 spiro atoms. The molecule has 1 saturated heterocycles. The number of carbonyl (C=O) groups is 3. The second kappa shape index (κ2) is 10.7. The van der Waals surface area contributed by atoms with Gasteiger partial charge in [-0.1, -0.05) is 24.3 Å². The van der Waals surface area contributed by atoms with Crippen molar-refractivity contribution in [1.82, 2.24) is 9.91 Å². The first-order chi connectivity index (χ1) is 17.6. The molecule has 0 radical (unpaired) electrons. The van der Waals surface area contributed by atoms with E-state index in [-0.39, 0.29) is 11.9 Å². The summed E-state index contributed by atoms with van der Waals surface area (Å²) in [5.41, 5.74) is 1.40. The highest BCUT2D eigenvalue weighted by Gasteiger charge is 2.42. The van der Waals surface area contributed by atoms with Crippen LogP contribution in [0.3, 0.4) is 0 Å². The lowest BCUT2D eigenvalue weighted by atomic mass is 10.1. The van der Waals surface area contributed by atoms with E-state index in [0.717, 1.165) is 24.3 Å². The Balaban J connectivity index is 1.73. The van der Waals surface area contributed by atoms with E-state index in [1.165, 1.54) is 7.11 Å². The Kier molecular flexibility index (Phi) is 7.58. The van der Waals surface area contributed by atoms with Gasteiger partial charge in [0, 0.05) is 18.7 Å². The summed E-state index contributed by atoms with van der Waals surface area (Å²) in [6.45, 7) is 6.40. The highest BCUT2D eigenvalue weighted by molar-refractivity contribution is 6.02. The molecule has 2 aliphatic rings. The number of rotatable bonds is 4. The van der Waals surface area contributed by atoms with Gasteiger partial charge in [-0.05, 0) is 64.3 Å². The van der Waals surface area contributed by atoms with Crippen molar-refractivity contribution in [1.29, 1.82) is 0 Å². The number of carbonyl (C=O) groups excluding carboxylic acids is 3. The van der Waals surface area contributed by atoms with Crippen molar-refractivity contribution in [2.75, 3.05) is 30.4 Å². The van der Waals surface area contributed by atoms with Crippen molar-refractivity contribution < 1.29 is 23.9 Å². The summed E-state index contributed by atoms with van der Waals surface area (Å²) in [6.07, 6.45) is 1.19. The molecule has 10 nitrogen and oxygen atoms in total. The predicted octanol–water partition coefficient (Wildman–Crippen LogP) is 3.79. The fourth-order valence-corrected chi connectivity index (χ4v) is 4.81. The number of amides is 2. The molecule has 37 heavy (non-hydrogen) atoms. The number of likely N-dealkylation sites (tertiary alicyclic amines) is 1. The standard InChI is InChI=1S/C27H35N5O5/c1-27(2,3)37-26(35)30-16-9-8-13-19(17-30)31-22-20(24(34)36-4)14-10-15-21(22)29-25(31)32(28)23(33)18-11-6-5-7-12-18/h5-7,10-12,14-15,19,25,29H,8-9,13,16-17,28H2,1-4H3. The molecule has 1 fully saturated rings. The van der Waals surface area contributed by atoms with Gasteiger partial charge in [0.25, 0.3) is 5.91 Å². The van der Waals surface area contributed by atoms with Crippen LogP contribution in [0.5, 0.6) is 0 Å². The zero-order chi connectivity index (χ0) is 26.7. The van der Waals surface area contributed by atoms with Crippen molar-refractivity contribution >= 4 is 29.3 Å². The number of hydrogen-bond acceptors (Lipinski definition) is 8. The number of hydrogen-bond donors (Lipinski definition) is 2. The number of nitrogens with one attached hydrogen (secondary N) is 1. The average Bonchev–Trinajstić information content (AvgIpc) is 3.09. The molecule has 0 aromatic heterocycles. The minimum Gasteiger partial charge on any atom is -0.465 e. The lowest BCUT2D eigenvalue weighted by molar-refractivity contribution is 0.0243. The molecular formula is C27H35N5O5. The van der Waals surface area contributed by atoms with Gasteiger partial charge in [0.2, 0.25) is 0 Å². The highest BCUT2D eigenvalue weighted by Crippen LogP contribution is 2.41. The van der Waals surface area contributed by atoms with Gasteiger partial charge in [0.15, 0.2) is 6.29 Å². The number of fused-ring (bicyclic) bond motifs is 1. The molecule has 0 bridgehead atoms. The Morgan fingerprint density at radius 3 is 2.46 bits per heavy atom. The first kappa shape index (κ1) is 26.3. The van der Waals surface area contributed by atoms with Crippen LogP contribution in [0.4, 0.5) is 16.2 Å². The predicted molar refractivity (Wildman–Crippen MR) is 140 cm³/mol. The fourth-order valence-electron chi connectivity index (χ4n) is 4.81. The van der Waals surface area contributed by atoms with Crippen molar-refractivity contribution in [3.63, 3.8) is 0 Å². The number of ether oxygens (including phenoxy) is 2. The number of nitrogens with two attached hydrogens (primary N) is 1. The van der Waals surface area contributed by atoms with Crippen LogP contribution < -0.4 is 16.1 Å². The number of para-hydroxylation sites is 1. The molecule has 2 atom stereocenters. The molecule has 2 amide bonds. The van der Waals surface area contributed by atoms with Crippen LogP contribution in [-0.4, -0.2) is 66.0 Å². The van der Waals surface area contributed by atoms with Crippen molar-refractivity contribution in [3.8, 4) is 0 Å². The summed E-state index contributed by atoms with van der Waals surface area (Å²) >= 11 is 0. The monoisotopic (exact) mass is 509 g/mol. The molecule has 10 heteroatoms. The van der Waals surface area contributed by atoms with Crippen molar-refractivity contribution in [2.24, 2.45) is 5.84 Å². The molecule has 4 rings (SSSR count). The van der Waals surface area contributed by atoms with Crippen LogP contribution in [0.2, 0.25) is 0 Å². The summed E-state index contributed by atoms with van der Waals surface area (Å²) in [6, 6.07) is 13.8. The van der Waals surface area contributed by atoms with E-state index in [0.29, 0.717) is 35.6 Å². The third-order valence-corrected chi connectivity index (χ3v) is 6.46. The third-order valence-electron chi connectivity index (χ3n) is 6.46. The maximum Gasteiger partial charge on any atom is 0.410 e. The lowest BCUT2D eigenvalue weighted by Gasteiger charge is -2.40. The second-order valence-electron chi connectivity index (χ2n) is 10.3. The smallest absolute Gasteiger partial charge is 0.410 e. The first-order valence-corrected chi connectivity index (χ1v) is 12.5. The topological polar surface area (TPSA) is 117 Å². The number of hydrazine groups is 1. The van der Waals surface area contributed by atoms with Gasteiger partial charge in [-0.3, -0.25) is 4.79 Å². The molecule has 2 aliphatic heterocycles. The maximum atomic E-state index is 13.3. The van der Waals surface area contributed by atoms with E-state index in [9.17, 15) is 14.4 Å². The van der Waals surface area contributed by atoms with Gasteiger partial charge < -0.3 is 24.6 Å². The molecule has 0 aliphatic carbocycles. The van der Waals surface area contributed by atoms with Gasteiger partial charge in [-0.25, -0.2) is 20.4 Å². The fraction of sp³-hybridized carbons (Fsp3) is 0.444. The highest BCUT2D eigenvalue weighted by atomic mass is 16.6. The second-order valence-corrected chi connectivity index (χ2v) is 10.3. The largest absolute Gasteiger partial charge is 0.465 e. The number of nitrogens with zero attached hydrogens (tertiary/aromatic N) is 3. The van der Waals surface area contributed by atoms with Crippen LogP contribution in [0.15, 0.2) is 48.5 Å². The number of esters is 1. The van der Waals surface area contributed by atoms with Gasteiger partial charge in [-0.15, -0.1) is 0 Å². The molecular weight excluding hydrogens is 474 g/mol. The molecule has 2 unspecified atom stereocenters. The Bertz CT molecular complexity index is 1150. The number of anilines is 2. The van der Waals surface area contributed by atoms with Crippen LogP contribution in [0.25, 0.3) is 0 Å². The maximum absolute atomic E-state index is 13.3. The van der Waals surface area contributed by atoms with Crippen molar-refractivity contribution in [3.05, 3.63) is 59.7 Å². The number of benzene rings is 2. The van der Waals surface area contributed by atoms with E-state index in [2.05, 4.69) is 5.32 Å². The zero-order valence-corrected chi connectivity index (χ0v) is 21.8. The van der Waals surface area contributed by atoms with Crippen LogP contribution >= 0.6 is 0 Å². The summed E-state index contributed by atoms with van der Waals surface area (Å²) in [4.78, 5) is 42.7. The summed E-state index contributed by atoms with van der Waals surface area (Å²) in [5.74, 6) is 5.58. The Labute approximate surface area is 217 Å². The Morgan fingerprint density at radius 1 is 1.05 bits per heavy atom. The van der Waals surface area contributed by atoms with Crippen LogP contribution in [0, 0.1) is 0 Å². The Morgan fingerprint density at radius 2 is 1.78 bits per heavy atom. The minimum absolute atomic E-state index is 0.255. The minimum atomic E-state index is -0.794. The average molecular weight is 510 g/mol. The van der Waals surface area contributed by atoms with E-state index in [4.69, 9.17) is 15.3 Å². The molecule has 198 valence electrons. The molecule has 2 aromatic carbocycles. The SMILES string of the molecule is COC(=O)c1cccc2c1N(C1CCCCN(C(=O)OC(C)(C)C)C1)C(N(N)C(=O)c1ccccc1)N2. The van der Waals surface area contributed by atoms with Crippen LogP contribution in [0.1, 0.15) is 60.7 Å². The Hall–Kier alpha value is -3.79. The summed E-state index contributed by atoms with van der Waals surface area (Å²) in [7, 11) is 1.33. The summed E-state index contributed by atoms with van der Waals surface area (Å²) in [5, 5.41) is 4.46. The van der Waals surface area contributed by atoms with Gasteiger partial charge in [0.1, 0.15) is 5.60 Å². The van der Waals surface area contributed by atoms with Crippen molar-refractivity contribution in [2.45, 2.75) is 58.0 Å². The molecule has 2 heterocycles. The quantitative estimate of drug-likeness (QED) is 0.277. The molecule has 0 saturated carbocycles.